The first kappa shape index (κ1) is 16.0. The van der Waals surface area contributed by atoms with Crippen LogP contribution in [0.2, 0.25) is 5.02 Å². The molecule has 1 N–H and O–H groups in total. The number of benzene rings is 2. The Bertz CT molecular complexity index is 846. The van der Waals surface area contributed by atoms with Gasteiger partial charge >= 0.3 is 0 Å². The van der Waals surface area contributed by atoms with Gasteiger partial charge in [0.15, 0.2) is 12.4 Å². The van der Waals surface area contributed by atoms with Crippen LogP contribution in [-0.4, -0.2) is 27.3 Å². The minimum atomic E-state index is -0.250. The number of carbonyl (C=O) groups is 1. The van der Waals surface area contributed by atoms with Crippen molar-refractivity contribution in [2.75, 3.05) is 11.9 Å². The zero-order valence-corrected chi connectivity index (χ0v) is 13.7. The van der Waals surface area contributed by atoms with Crippen molar-refractivity contribution in [3.8, 4) is 17.1 Å². The lowest BCUT2D eigenvalue weighted by Crippen LogP contribution is -2.20. The number of aromatic nitrogens is 3. The molecule has 0 fully saturated rings. The van der Waals surface area contributed by atoms with E-state index in [9.17, 15) is 4.79 Å². The fourth-order valence-corrected chi connectivity index (χ4v) is 2.28. The van der Waals surface area contributed by atoms with E-state index in [1.54, 1.807) is 36.7 Å². The van der Waals surface area contributed by atoms with Gasteiger partial charge in [0.05, 0.1) is 0 Å². The summed E-state index contributed by atoms with van der Waals surface area (Å²) in [5.74, 6) is 1.06. The van der Waals surface area contributed by atoms with Crippen molar-refractivity contribution in [2.45, 2.75) is 0 Å². The molecule has 3 rings (SSSR count). The number of anilines is 1. The van der Waals surface area contributed by atoms with Crippen LogP contribution < -0.4 is 10.1 Å². The molecule has 1 heterocycles. The molecule has 0 aliphatic heterocycles. The molecule has 0 bridgehead atoms. The van der Waals surface area contributed by atoms with Gasteiger partial charge in [-0.05, 0) is 36.4 Å². The fraction of sp³-hybridized carbons (Fsp3) is 0.118. The van der Waals surface area contributed by atoms with E-state index in [0.717, 1.165) is 11.4 Å². The number of amides is 1. The van der Waals surface area contributed by atoms with E-state index in [1.807, 2.05) is 29.8 Å². The molecule has 3 aromatic rings. The van der Waals surface area contributed by atoms with Gasteiger partial charge < -0.3 is 14.6 Å². The standard InChI is InChI=1S/C17H15ClN4O2/c1-22-11-19-21-17(22)12-3-2-4-14(9-12)20-16(23)10-24-15-7-5-13(18)6-8-15/h2-9,11H,10H2,1H3,(H,20,23). The number of nitrogens with zero attached hydrogens (tertiary/aromatic N) is 3. The molecule has 24 heavy (non-hydrogen) atoms. The number of hydrogen-bond acceptors (Lipinski definition) is 4. The summed E-state index contributed by atoms with van der Waals surface area (Å²) < 4.78 is 7.23. The zero-order chi connectivity index (χ0) is 16.9. The molecule has 2 aromatic carbocycles. The van der Waals surface area contributed by atoms with Gasteiger partial charge in [0.1, 0.15) is 12.1 Å². The van der Waals surface area contributed by atoms with E-state index in [0.29, 0.717) is 16.5 Å². The lowest BCUT2D eigenvalue weighted by atomic mass is 10.2. The summed E-state index contributed by atoms with van der Waals surface area (Å²) in [6, 6.07) is 14.2. The number of nitrogens with one attached hydrogen (secondary N) is 1. The Morgan fingerprint density at radius 3 is 2.75 bits per heavy atom. The zero-order valence-electron chi connectivity index (χ0n) is 12.9. The van der Waals surface area contributed by atoms with Crippen molar-refractivity contribution in [3.05, 3.63) is 59.9 Å². The topological polar surface area (TPSA) is 69.0 Å². The highest BCUT2D eigenvalue weighted by Crippen LogP contribution is 2.20. The summed E-state index contributed by atoms with van der Waals surface area (Å²) in [5.41, 5.74) is 1.53. The molecule has 7 heteroatoms. The molecule has 0 unspecified atom stereocenters. The average Bonchev–Trinajstić information content (AvgIpc) is 3.01. The minimum absolute atomic E-state index is 0.0875. The molecule has 0 aliphatic carbocycles. The Morgan fingerprint density at radius 1 is 1.25 bits per heavy atom. The first-order valence-corrected chi connectivity index (χ1v) is 7.62. The monoisotopic (exact) mass is 342 g/mol. The molecular weight excluding hydrogens is 328 g/mol. The highest BCUT2D eigenvalue weighted by Gasteiger charge is 2.08. The van der Waals surface area contributed by atoms with Crippen molar-refractivity contribution < 1.29 is 9.53 Å². The Morgan fingerprint density at radius 2 is 2.04 bits per heavy atom. The fourth-order valence-electron chi connectivity index (χ4n) is 2.16. The van der Waals surface area contributed by atoms with Crippen molar-refractivity contribution in [1.29, 1.82) is 0 Å². The Balaban J connectivity index is 1.62. The number of ether oxygens (including phenoxy) is 1. The molecular formula is C17H15ClN4O2. The van der Waals surface area contributed by atoms with Crippen LogP contribution in [0, 0.1) is 0 Å². The van der Waals surface area contributed by atoms with E-state index in [4.69, 9.17) is 16.3 Å². The quantitative estimate of drug-likeness (QED) is 0.773. The lowest BCUT2D eigenvalue weighted by Gasteiger charge is -2.09. The number of hydrogen-bond donors (Lipinski definition) is 1. The molecule has 1 amide bonds. The van der Waals surface area contributed by atoms with Gasteiger partial charge in [-0.15, -0.1) is 10.2 Å². The summed E-state index contributed by atoms with van der Waals surface area (Å²) in [7, 11) is 1.86. The van der Waals surface area contributed by atoms with Crippen LogP contribution in [0.1, 0.15) is 0 Å². The van der Waals surface area contributed by atoms with Crippen LogP contribution in [0.15, 0.2) is 54.9 Å². The molecule has 0 saturated carbocycles. The molecule has 122 valence electrons. The third-order valence-corrected chi connectivity index (χ3v) is 3.55. The van der Waals surface area contributed by atoms with Crippen molar-refractivity contribution >= 4 is 23.2 Å². The summed E-state index contributed by atoms with van der Waals surface area (Å²) in [5, 5.41) is 11.3. The second kappa shape index (κ2) is 7.14. The van der Waals surface area contributed by atoms with Crippen molar-refractivity contribution in [1.82, 2.24) is 14.8 Å². The second-order valence-electron chi connectivity index (χ2n) is 5.14. The SMILES string of the molecule is Cn1cnnc1-c1cccc(NC(=O)COc2ccc(Cl)cc2)c1. The first-order valence-electron chi connectivity index (χ1n) is 7.24. The van der Waals surface area contributed by atoms with Crippen LogP contribution >= 0.6 is 11.6 Å². The molecule has 0 spiro atoms. The lowest BCUT2D eigenvalue weighted by molar-refractivity contribution is -0.118. The van der Waals surface area contributed by atoms with Crippen LogP contribution in [0.3, 0.4) is 0 Å². The van der Waals surface area contributed by atoms with Gasteiger partial charge in [0.2, 0.25) is 0 Å². The van der Waals surface area contributed by atoms with Gasteiger partial charge in [-0.25, -0.2) is 0 Å². The van der Waals surface area contributed by atoms with Crippen LogP contribution in [0.5, 0.6) is 5.75 Å². The number of rotatable bonds is 5. The van der Waals surface area contributed by atoms with Crippen LogP contribution in [0.25, 0.3) is 11.4 Å². The predicted molar refractivity (Wildman–Crippen MR) is 92.0 cm³/mol. The van der Waals surface area contributed by atoms with Gasteiger partial charge in [-0.3, -0.25) is 4.79 Å². The molecule has 0 atom stereocenters. The Hall–Kier alpha value is -2.86. The molecule has 6 nitrogen and oxygen atoms in total. The first-order chi connectivity index (χ1) is 11.6. The number of aryl methyl sites for hydroxylation is 1. The van der Waals surface area contributed by atoms with Crippen LogP contribution in [0.4, 0.5) is 5.69 Å². The predicted octanol–water partition coefficient (Wildman–Crippen LogP) is 3.15. The molecule has 0 aliphatic rings. The van der Waals surface area contributed by atoms with E-state index in [-0.39, 0.29) is 12.5 Å². The van der Waals surface area contributed by atoms with Gasteiger partial charge in [0.25, 0.3) is 5.91 Å². The summed E-state index contributed by atoms with van der Waals surface area (Å²) in [6.07, 6.45) is 1.63. The largest absolute Gasteiger partial charge is 0.484 e. The minimum Gasteiger partial charge on any atom is -0.484 e. The average molecular weight is 343 g/mol. The third kappa shape index (κ3) is 3.91. The van der Waals surface area contributed by atoms with Crippen molar-refractivity contribution in [2.24, 2.45) is 7.05 Å². The maximum atomic E-state index is 12.0. The Labute approximate surface area is 144 Å². The van der Waals surface area contributed by atoms with Crippen molar-refractivity contribution in [3.63, 3.8) is 0 Å². The normalized spacial score (nSPS) is 10.4. The molecule has 1 aromatic heterocycles. The summed E-state index contributed by atoms with van der Waals surface area (Å²) in [6.45, 7) is -0.0875. The van der Waals surface area contributed by atoms with Crippen LogP contribution in [-0.2, 0) is 11.8 Å². The summed E-state index contributed by atoms with van der Waals surface area (Å²) >= 11 is 5.80. The highest BCUT2D eigenvalue weighted by atomic mass is 35.5. The van der Waals surface area contributed by atoms with E-state index in [2.05, 4.69) is 15.5 Å². The number of carbonyl (C=O) groups excluding carboxylic acids is 1. The van der Waals surface area contributed by atoms with Gasteiger partial charge in [0, 0.05) is 23.3 Å². The van der Waals surface area contributed by atoms with E-state index in [1.165, 1.54) is 0 Å². The van der Waals surface area contributed by atoms with Gasteiger partial charge in [-0.2, -0.15) is 0 Å². The summed E-state index contributed by atoms with van der Waals surface area (Å²) in [4.78, 5) is 12.0. The molecule has 0 radical (unpaired) electrons. The third-order valence-electron chi connectivity index (χ3n) is 3.30. The van der Waals surface area contributed by atoms with E-state index < -0.39 is 0 Å². The Kier molecular flexibility index (Phi) is 4.77. The maximum absolute atomic E-state index is 12.0. The highest BCUT2D eigenvalue weighted by molar-refractivity contribution is 6.30. The molecule has 0 saturated heterocycles. The van der Waals surface area contributed by atoms with Gasteiger partial charge in [-0.1, -0.05) is 23.7 Å². The van der Waals surface area contributed by atoms with E-state index >= 15 is 0 Å². The smallest absolute Gasteiger partial charge is 0.262 e. The number of halogens is 1. The maximum Gasteiger partial charge on any atom is 0.262 e. The second-order valence-corrected chi connectivity index (χ2v) is 5.57.